The molecule has 0 aliphatic carbocycles. The van der Waals surface area contributed by atoms with E-state index in [9.17, 15) is 19.2 Å². The number of ether oxygens (including phenoxy) is 2. The van der Waals surface area contributed by atoms with Crippen LogP contribution in [-0.4, -0.2) is 45.0 Å². The molecule has 0 saturated heterocycles. The first-order valence-corrected chi connectivity index (χ1v) is 6.41. The van der Waals surface area contributed by atoms with Crippen LogP contribution in [0.15, 0.2) is 0 Å². The zero-order valence-corrected chi connectivity index (χ0v) is 17.7. The standard InChI is InChI=1S/C13H22N2O6.CH3.K/c1-7(5-8(10(14)16)12(18)20-3)6-9(11(17)15-2)13(19)21-4;;/h7-9H,5-6H2,1-4H3,(H3,14,15,16,17);1H3;/q;-1;+1/p-1/t7-,8?,9?;;/m0../s1. The molecule has 23 heavy (non-hydrogen) atoms. The fourth-order valence-electron chi connectivity index (χ4n) is 1.98. The van der Waals surface area contributed by atoms with E-state index in [-0.39, 0.29) is 77.6 Å². The summed E-state index contributed by atoms with van der Waals surface area (Å²) in [4.78, 5) is 45.8. The number of methoxy groups -OCH3 is 2. The van der Waals surface area contributed by atoms with Crippen LogP contribution in [0.25, 0.3) is 5.73 Å². The number of carbonyl (C=O) groups excluding carboxylic acids is 4. The summed E-state index contributed by atoms with van der Waals surface area (Å²) < 4.78 is 9.03. The van der Waals surface area contributed by atoms with Crippen molar-refractivity contribution in [2.45, 2.75) is 19.8 Å². The smallest absolute Gasteiger partial charge is 0.667 e. The molecule has 0 aromatic carbocycles. The summed E-state index contributed by atoms with van der Waals surface area (Å²) in [5, 5.41) is 2.36. The Morgan fingerprint density at radius 3 is 1.74 bits per heavy atom. The van der Waals surface area contributed by atoms with Gasteiger partial charge in [0.15, 0.2) is 0 Å². The summed E-state index contributed by atoms with van der Waals surface area (Å²) in [6, 6.07) is 0. The average Bonchev–Trinajstić information content (AvgIpc) is 2.47. The normalized spacial score (nSPS) is 13.2. The largest absolute Gasteiger partial charge is 1.00 e. The minimum atomic E-state index is -1.21. The van der Waals surface area contributed by atoms with Gasteiger partial charge in [0.25, 0.3) is 0 Å². The van der Waals surface area contributed by atoms with Gasteiger partial charge in [-0.3, -0.25) is 14.4 Å². The van der Waals surface area contributed by atoms with Crippen LogP contribution in [0.4, 0.5) is 0 Å². The van der Waals surface area contributed by atoms with E-state index in [1.54, 1.807) is 6.92 Å². The van der Waals surface area contributed by atoms with E-state index >= 15 is 0 Å². The zero-order valence-electron chi connectivity index (χ0n) is 14.6. The SMILES string of the molecule is CNC(=O)C(C[C@@H](C)CC(C([NH-])=O)C(=O)OC)C(=O)OC.[CH3-].[K+]. The molecule has 2 amide bonds. The Bertz CT molecular complexity index is 400. The van der Waals surface area contributed by atoms with Crippen LogP contribution in [-0.2, 0) is 28.7 Å². The maximum atomic E-state index is 11.6. The Labute approximate surface area is 179 Å². The molecule has 0 bridgehead atoms. The van der Waals surface area contributed by atoms with E-state index in [0.29, 0.717) is 0 Å². The van der Waals surface area contributed by atoms with Crippen molar-refractivity contribution in [3.63, 3.8) is 0 Å². The topological polar surface area (TPSA) is 123 Å². The van der Waals surface area contributed by atoms with Gasteiger partial charge < -0.3 is 32.7 Å². The molecule has 0 aliphatic heterocycles. The van der Waals surface area contributed by atoms with Crippen LogP contribution in [0.5, 0.6) is 0 Å². The fraction of sp³-hybridized carbons (Fsp3) is 0.643. The maximum absolute atomic E-state index is 11.6. The van der Waals surface area contributed by atoms with Crippen LogP contribution in [0.1, 0.15) is 19.8 Å². The summed E-state index contributed by atoms with van der Waals surface area (Å²) in [6.07, 6.45) is 0.132. The van der Waals surface area contributed by atoms with E-state index in [0.717, 1.165) is 7.11 Å². The molecule has 0 aromatic heterocycles. The van der Waals surface area contributed by atoms with E-state index in [1.807, 2.05) is 0 Å². The fourth-order valence-corrected chi connectivity index (χ4v) is 1.98. The van der Waals surface area contributed by atoms with Crippen molar-refractivity contribution >= 4 is 23.8 Å². The van der Waals surface area contributed by atoms with Crippen molar-refractivity contribution in [3.05, 3.63) is 13.2 Å². The third-order valence-electron chi connectivity index (χ3n) is 3.13. The first kappa shape index (κ1) is 27.4. The molecule has 0 rings (SSSR count). The summed E-state index contributed by atoms with van der Waals surface area (Å²) in [5.74, 6) is -5.60. The van der Waals surface area contributed by atoms with Crippen molar-refractivity contribution in [1.29, 1.82) is 0 Å². The molecule has 0 spiro atoms. The zero-order chi connectivity index (χ0) is 16.6. The van der Waals surface area contributed by atoms with Gasteiger partial charge in [-0.15, -0.1) is 0 Å². The molecular weight excluding hydrogens is 331 g/mol. The van der Waals surface area contributed by atoms with E-state index in [2.05, 4.69) is 14.8 Å². The molecule has 0 heterocycles. The second-order valence-corrected chi connectivity index (χ2v) is 4.71. The summed E-state index contributed by atoms with van der Waals surface area (Å²) in [5.41, 5.74) is 7.08. The third kappa shape index (κ3) is 9.41. The molecule has 128 valence electrons. The first-order valence-electron chi connectivity index (χ1n) is 6.41. The third-order valence-corrected chi connectivity index (χ3v) is 3.13. The maximum Gasteiger partial charge on any atom is 1.00 e. The van der Waals surface area contributed by atoms with Crippen LogP contribution in [0, 0.1) is 25.2 Å². The molecular formula is C14H24KN2O6-. The average molecular weight is 355 g/mol. The summed E-state index contributed by atoms with van der Waals surface area (Å²) >= 11 is 0. The van der Waals surface area contributed by atoms with Gasteiger partial charge in [-0.2, -0.15) is 0 Å². The van der Waals surface area contributed by atoms with Gasteiger partial charge >= 0.3 is 63.3 Å². The van der Waals surface area contributed by atoms with Crippen molar-refractivity contribution in [3.8, 4) is 0 Å². The number of hydrogen-bond donors (Lipinski definition) is 1. The Hall–Kier alpha value is -0.484. The number of nitrogens with one attached hydrogen (secondary N) is 2. The van der Waals surface area contributed by atoms with E-state index < -0.39 is 35.6 Å². The molecule has 0 radical (unpaired) electrons. The van der Waals surface area contributed by atoms with Crippen LogP contribution >= 0.6 is 0 Å². The quantitative estimate of drug-likeness (QED) is 0.227. The number of amides is 2. The van der Waals surface area contributed by atoms with Gasteiger partial charge in [-0.05, 0) is 18.8 Å². The van der Waals surface area contributed by atoms with Crippen molar-refractivity contribution in [2.75, 3.05) is 21.3 Å². The molecule has 0 aromatic rings. The van der Waals surface area contributed by atoms with Gasteiger partial charge in [0.05, 0.1) is 26.0 Å². The first-order chi connectivity index (χ1) is 9.78. The summed E-state index contributed by atoms with van der Waals surface area (Å²) in [7, 11) is 3.70. The van der Waals surface area contributed by atoms with Gasteiger partial charge in [0.1, 0.15) is 5.92 Å². The predicted octanol–water partition coefficient (Wildman–Crippen LogP) is -2.24. The monoisotopic (exact) mass is 355 g/mol. The van der Waals surface area contributed by atoms with Gasteiger partial charge in [-0.1, -0.05) is 6.92 Å². The minimum absolute atomic E-state index is 0. The van der Waals surface area contributed by atoms with E-state index in [1.165, 1.54) is 14.2 Å². The molecule has 8 nitrogen and oxygen atoms in total. The summed E-state index contributed by atoms with van der Waals surface area (Å²) in [6.45, 7) is 1.68. The van der Waals surface area contributed by atoms with Crippen molar-refractivity contribution in [2.24, 2.45) is 17.8 Å². The number of rotatable bonds is 8. The molecule has 0 aliphatic rings. The molecule has 2 N–H and O–H groups in total. The molecule has 9 heteroatoms. The Kier molecular flexibility index (Phi) is 16.6. The molecule has 2 unspecified atom stereocenters. The van der Waals surface area contributed by atoms with Crippen LogP contribution in [0.3, 0.4) is 0 Å². The van der Waals surface area contributed by atoms with E-state index in [4.69, 9.17) is 5.73 Å². The Morgan fingerprint density at radius 1 is 1.00 bits per heavy atom. The Balaban J connectivity index is -0.00000200. The molecule has 0 saturated carbocycles. The van der Waals surface area contributed by atoms with Gasteiger partial charge in [-0.25, -0.2) is 0 Å². The van der Waals surface area contributed by atoms with Gasteiger partial charge in [0, 0.05) is 7.05 Å². The minimum Gasteiger partial charge on any atom is -0.667 e. The number of hydrogen-bond acceptors (Lipinski definition) is 6. The van der Waals surface area contributed by atoms with Crippen molar-refractivity contribution in [1.82, 2.24) is 5.32 Å². The molecule has 3 atom stereocenters. The molecule has 0 fully saturated rings. The number of esters is 2. The van der Waals surface area contributed by atoms with Crippen LogP contribution < -0.4 is 56.7 Å². The second kappa shape index (κ2) is 13.9. The number of carbonyl (C=O) groups is 4. The Morgan fingerprint density at radius 2 is 1.39 bits per heavy atom. The van der Waals surface area contributed by atoms with Crippen molar-refractivity contribution < 1.29 is 80.0 Å². The second-order valence-electron chi connectivity index (χ2n) is 4.71. The predicted molar refractivity (Wildman–Crippen MR) is 79.2 cm³/mol. The van der Waals surface area contributed by atoms with Crippen LogP contribution in [0.2, 0.25) is 0 Å². The van der Waals surface area contributed by atoms with Gasteiger partial charge in [0.2, 0.25) is 5.91 Å².